The molecule has 84 valence electrons. The quantitative estimate of drug-likeness (QED) is 0.881. The molecule has 1 rings (SSSR count). The fourth-order valence-corrected chi connectivity index (χ4v) is 1.73. The van der Waals surface area contributed by atoms with Crippen molar-refractivity contribution in [3.05, 3.63) is 34.1 Å². The summed E-state index contributed by atoms with van der Waals surface area (Å²) in [6, 6.07) is 5.03. The van der Waals surface area contributed by atoms with E-state index in [1.54, 1.807) is 6.07 Å². The van der Waals surface area contributed by atoms with E-state index in [4.69, 9.17) is 5.73 Å². The molecule has 15 heavy (non-hydrogen) atoms. The average Bonchev–Trinajstić information content (AvgIpc) is 2.21. The molecule has 0 saturated heterocycles. The summed E-state index contributed by atoms with van der Waals surface area (Å²) in [7, 11) is 0. The van der Waals surface area contributed by atoms with Crippen LogP contribution in [-0.2, 0) is 0 Å². The molecule has 0 aromatic heterocycles. The Morgan fingerprint density at radius 1 is 1.47 bits per heavy atom. The highest BCUT2D eigenvalue weighted by Crippen LogP contribution is 2.24. The van der Waals surface area contributed by atoms with Crippen molar-refractivity contribution in [2.45, 2.75) is 32.7 Å². The number of halogens is 2. The van der Waals surface area contributed by atoms with Gasteiger partial charge in [-0.15, -0.1) is 0 Å². The highest BCUT2D eigenvalue weighted by atomic mass is 79.9. The summed E-state index contributed by atoms with van der Waals surface area (Å²) >= 11 is 3.13. The van der Waals surface area contributed by atoms with Gasteiger partial charge in [-0.1, -0.05) is 26.3 Å². The minimum atomic E-state index is -0.243. The van der Waals surface area contributed by atoms with Crippen LogP contribution in [0, 0.1) is 11.7 Å². The summed E-state index contributed by atoms with van der Waals surface area (Å²) in [6.07, 6.45) is 2.00. The Kier molecular flexibility index (Phi) is 4.74. The third-order valence-corrected chi connectivity index (χ3v) is 3.37. The number of hydrogen-bond acceptors (Lipinski definition) is 1. The van der Waals surface area contributed by atoms with Crippen LogP contribution in [-0.4, -0.2) is 0 Å². The first-order valence-electron chi connectivity index (χ1n) is 5.25. The fourth-order valence-electron chi connectivity index (χ4n) is 1.48. The molecule has 2 atom stereocenters. The van der Waals surface area contributed by atoms with Crippen LogP contribution in [0.5, 0.6) is 0 Å². The molecular formula is C12H17BrFN. The van der Waals surface area contributed by atoms with Gasteiger partial charge >= 0.3 is 0 Å². The van der Waals surface area contributed by atoms with E-state index in [-0.39, 0.29) is 11.9 Å². The van der Waals surface area contributed by atoms with Crippen LogP contribution in [0.3, 0.4) is 0 Å². The Hall–Kier alpha value is -0.410. The molecule has 1 nitrogen and oxygen atoms in total. The van der Waals surface area contributed by atoms with E-state index in [9.17, 15) is 4.39 Å². The monoisotopic (exact) mass is 273 g/mol. The normalized spacial score (nSPS) is 15.0. The standard InChI is InChI=1S/C12H17BrFN/c1-3-8(2)6-12(15)9-4-5-10(13)11(14)7-9/h4-5,7-8,12H,3,6,15H2,1-2H3. The largest absolute Gasteiger partial charge is 0.324 e. The van der Waals surface area contributed by atoms with Crippen molar-refractivity contribution in [2.75, 3.05) is 0 Å². The van der Waals surface area contributed by atoms with Crippen molar-refractivity contribution >= 4 is 15.9 Å². The van der Waals surface area contributed by atoms with Crippen LogP contribution in [0.1, 0.15) is 38.3 Å². The first kappa shape index (κ1) is 12.7. The molecule has 1 aromatic rings. The first-order valence-corrected chi connectivity index (χ1v) is 6.04. The van der Waals surface area contributed by atoms with Gasteiger partial charge in [-0.2, -0.15) is 0 Å². The zero-order chi connectivity index (χ0) is 11.4. The second-order valence-electron chi connectivity index (χ2n) is 4.03. The fraction of sp³-hybridized carbons (Fsp3) is 0.500. The van der Waals surface area contributed by atoms with E-state index in [1.165, 1.54) is 6.07 Å². The topological polar surface area (TPSA) is 26.0 Å². The van der Waals surface area contributed by atoms with Crippen molar-refractivity contribution in [1.29, 1.82) is 0 Å². The van der Waals surface area contributed by atoms with Crippen molar-refractivity contribution in [3.63, 3.8) is 0 Å². The van der Waals surface area contributed by atoms with Crippen molar-refractivity contribution in [2.24, 2.45) is 11.7 Å². The maximum atomic E-state index is 13.3. The SMILES string of the molecule is CCC(C)CC(N)c1ccc(Br)c(F)c1. The van der Waals surface area contributed by atoms with Crippen LogP contribution in [0.15, 0.2) is 22.7 Å². The summed E-state index contributed by atoms with van der Waals surface area (Å²) in [5.74, 6) is 0.332. The van der Waals surface area contributed by atoms with E-state index in [1.807, 2.05) is 6.07 Å². The van der Waals surface area contributed by atoms with Gasteiger partial charge in [0.1, 0.15) is 5.82 Å². The van der Waals surface area contributed by atoms with Gasteiger partial charge in [0.05, 0.1) is 4.47 Å². The van der Waals surface area contributed by atoms with Gasteiger partial charge in [0, 0.05) is 6.04 Å². The maximum absolute atomic E-state index is 13.3. The number of benzene rings is 1. The van der Waals surface area contributed by atoms with E-state index < -0.39 is 0 Å². The van der Waals surface area contributed by atoms with Gasteiger partial charge in [0.15, 0.2) is 0 Å². The average molecular weight is 274 g/mol. The van der Waals surface area contributed by atoms with E-state index in [2.05, 4.69) is 29.8 Å². The summed E-state index contributed by atoms with van der Waals surface area (Å²) in [5.41, 5.74) is 6.88. The molecule has 2 N–H and O–H groups in total. The Morgan fingerprint density at radius 3 is 2.67 bits per heavy atom. The Morgan fingerprint density at radius 2 is 2.13 bits per heavy atom. The second kappa shape index (κ2) is 5.61. The molecule has 0 radical (unpaired) electrons. The minimum absolute atomic E-state index is 0.0671. The molecule has 0 spiro atoms. The zero-order valence-electron chi connectivity index (χ0n) is 9.13. The third-order valence-electron chi connectivity index (χ3n) is 2.73. The van der Waals surface area contributed by atoms with Gasteiger partial charge in [0.2, 0.25) is 0 Å². The van der Waals surface area contributed by atoms with Crippen LogP contribution in [0.4, 0.5) is 4.39 Å². The summed E-state index contributed by atoms with van der Waals surface area (Å²) in [5, 5.41) is 0. The van der Waals surface area contributed by atoms with Crippen molar-refractivity contribution in [3.8, 4) is 0 Å². The van der Waals surface area contributed by atoms with E-state index in [0.717, 1.165) is 18.4 Å². The van der Waals surface area contributed by atoms with Gasteiger partial charge in [0.25, 0.3) is 0 Å². The summed E-state index contributed by atoms with van der Waals surface area (Å²) in [4.78, 5) is 0. The van der Waals surface area contributed by atoms with Gasteiger partial charge < -0.3 is 5.73 Å². The molecular weight excluding hydrogens is 257 g/mol. The maximum Gasteiger partial charge on any atom is 0.137 e. The molecule has 3 heteroatoms. The van der Waals surface area contributed by atoms with Crippen LogP contribution in [0.2, 0.25) is 0 Å². The third kappa shape index (κ3) is 3.58. The van der Waals surface area contributed by atoms with Gasteiger partial charge in [-0.05, 0) is 46.0 Å². The van der Waals surface area contributed by atoms with E-state index in [0.29, 0.717) is 10.4 Å². The van der Waals surface area contributed by atoms with E-state index >= 15 is 0 Å². The molecule has 0 aliphatic heterocycles. The minimum Gasteiger partial charge on any atom is -0.324 e. The van der Waals surface area contributed by atoms with Gasteiger partial charge in [-0.3, -0.25) is 0 Å². The van der Waals surface area contributed by atoms with Gasteiger partial charge in [-0.25, -0.2) is 4.39 Å². The molecule has 0 heterocycles. The van der Waals surface area contributed by atoms with Crippen LogP contribution >= 0.6 is 15.9 Å². The lowest BCUT2D eigenvalue weighted by molar-refractivity contribution is 0.460. The summed E-state index contributed by atoms with van der Waals surface area (Å²) in [6.45, 7) is 4.30. The lowest BCUT2D eigenvalue weighted by Gasteiger charge is -2.16. The van der Waals surface area contributed by atoms with Crippen LogP contribution < -0.4 is 5.73 Å². The lowest BCUT2D eigenvalue weighted by Crippen LogP contribution is -2.14. The molecule has 2 unspecified atom stereocenters. The molecule has 0 bridgehead atoms. The predicted molar refractivity (Wildman–Crippen MR) is 65.1 cm³/mol. The number of nitrogens with two attached hydrogens (primary N) is 1. The molecule has 0 aliphatic rings. The number of rotatable bonds is 4. The Labute approximate surface area is 99.0 Å². The Bertz CT molecular complexity index is 327. The smallest absolute Gasteiger partial charge is 0.137 e. The van der Waals surface area contributed by atoms with Crippen LogP contribution in [0.25, 0.3) is 0 Å². The lowest BCUT2D eigenvalue weighted by atomic mass is 9.95. The molecule has 1 aromatic carbocycles. The first-order chi connectivity index (χ1) is 7.04. The second-order valence-corrected chi connectivity index (χ2v) is 4.88. The highest BCUT2D eigenvalue weighted by Gasteiger charge is 2.11. The Balaban J connectivity index is 2.73. The predicted octanol–water partition coefficient (Wildman–Crippen LogP) is 4.02. The van der Waals surface area contributed by atoms with Crippen molar-refractivity contribution in [1.82, 2.24) is 0 Å². The molecule has 0 fully saturated rings. The zero-order valence-corrected chi connectivity index (χ0v) is 10.7. The number of hydrogen-bond donors (Lipinski definition) is 1. The highest BCUT2D eigenvalue weighted by molar-refractivity contribution is 9.10. The summed E-state index contributed by atoms with van der Waals surface area (Å²) < 4.78 is 13.7. The molecule has 0 aliphatic carbocycles. The van der Waals surface area contributed by atoms with Crippen molar-refractivity contribution < 1.29 is 4.39 Å². The molecule has 0 saturated carbocycles. The molecule has 0 amide bonds.